The molecule has 1 atom stereocenters. The molecule has 2 nitrogen and oxygen atoms in total. The minimum atomic E-state index is 0.302. The van der Waals surface area contributed by atoms with Crippen molar-refractivity contribution in [2.45, 2.75) is 25.5 Å². The van der Waals surface area contributed by atoms with E-state index < -0.39 is 0 Å². The van der Waals surface area contributed by atoms with Gasteiger partial charge in [0.15, 0.2) is 0 Å². The lowest BCUT2D eigenvalue weighted by Crippen LogP contribution is -2.19. The van der Waals surface area contributed by atoms with Crippen LogP contribution in [0.1, 0.15) is 34.7 Å². The lowest BCUT2D eigenvalue weighted by molar-refractivity contribution is 0.152. The van der Waals surface area contributed by atoms with Crippen LogP contribution in [0, 0.1) is 0 Å². The van der Waals surface area contributed by atoms with Gasteiger partial charge in [-0.05, 0) is 29.5 Å². The highest BCUT2D eigenvalue weighted by Gasteiger charge is 2.23. The first-order chi connectivity index (χ1) is 9.92. The smallest absolute Gasteiger partial charge is 0.0894 e. The van der Waals surface area contributed by atoms with Crippen molar-refractivity contribution < 1.29 is 4.74 Å². The van der Waals surface area contributed by atoms with Crippen molar-refractivity contribution in [3.8, 4) is 0 Å². The van der Waals surface area contributed by atoms with E-state index in [4.69, 9.17) is 9.73 Å². The topological polar surface area (TPSA) is 21.6 Å². The minimum absolute atomic E-state index is 0.302. The Morgan fingerprint density at radius 1 is 0.900 bits per heavy atom. The monoisotopic (exact) mass is 263 g/mol. The molecule has 20 heavy (non-hydrogen) atoms. The van der Waals surface area contributed by atoms with Crippen LogP contribution >= 0.6 is 0 Å². The highest BCUT2D eigenvalue weighted by Crippen LogP contribution is 2.34. The number of nitrogens with zero attached hydrogens (tertiary/aromatic N) is 1. The second-order valence-electron chi connectivity index (χ2n) is 5.48. The molecule has 100 valence electrons. The van der Waals surface area contributed by atoms with Crippen LogP contribution in [0.2, 0.25) is 0 Å². The number of hydrogen-bond acceptors (Lipinski definition) is 2. The van der Waals surface area contributed by atoms with Gasteiger partial charge in [0.25, 0.3) is 0 Å². The van der Waals surface area contributed by atoms with Crippen molar-refractivity contribution in [3.63, 3.8) is 0 Å². The molecule has 0 radical (unpaired) electrons. The lowest BCUT2D eigenvalue weighted by atomic mass is 10.0. The number of hydrogen-bond donors (Lipinski definition) is 0. The Balaban J connectivity index is 1.73. The fourth-order valence-corrected chi connectivity index (χ4v) is 3.23. The molecule has 2 aliphatic rings. The van der Waals surface area contributed by atoms with Gasteiger partial charge in [0, 0.05) is 5.56 Å². The molecule has 0 fully saturated rings. The van der Waals surface area contributed by atoms with E-state index in [9.17, 15) is 0 Å². The summed E-state index contributed by atoms with van der Waals surface area (Å²) >= 11 is 0. The average Bonchev–Trinajstić information content (AvgIpc) is 2.91. The third-order valence-electron chi connectivity index (χ3n) is 4.24. The summed E-state index contributed by atoms with van der Waals surface area (Å²) in [5.74, 6) is 0. The Labute approximate surface area is 119 Å². The molecule has 0 spiro atoms. The molecule has 1 unspecified atom stereocenters. The van der Waals surface area contributed by atoms with Gasteiger partial charge in [-0.1, -0.05) is 48.5 Å². The fourth-order valence-electron chi connectivity index (χ4n) is 3.23. The van der Waals surface area contributed by atoms with E-state index in [1.165, 1.54) is 22.3 Å². The third kappa shape index (κ3) is 1.97. The van der Waals surface area contributed by atoms with Crippen molar-refractivity contribution in [1.29, 1.82) is 0 Å². The van der Waals surface area contributed by atoms with Crippen LogP contribution in [0.3, 0.4) is 0 Å². The van der Waals surface area contributed by atoms with Crippen LogP contribution in [-0.2, 0) is 17.8 Å². The summed E-state index contributed by atoms with van der Waals surface area (Å²) in [6, 6.07) is 17.4. The average molecular weight is 263 g/mol. The zero-order valence-electron chi connectivity index (χ0n) is 11.4. The minimum Gasteiger partial charge on any atom is -0.370 e. The molecule has 0 amide bonds. The van der Waals surface area contributed by atoms with Gasteiger partial charge in [-0.3, -0.25) is 4.99 Å². The number of aryl methyl sites for hydroxylation is 1. The Bertz CT molecular complexity index is 675. The second kappa shape index (κ2) is 4.88. The summed E-state index contributed by atoms with van der Waals surface area (Å²) in [5.41, 5.74) is 6.47. The highest BCUT2D eigenvalue weighted by molar-refractivity contribution is 6.03. The van der Waals surface area contributed by atoms with Crippen molar-refractivity contribution in [1.82, 2.24) is 0 Å². The van der Waals surface area contributed by atoms with E-state index >= 15 is 0 Å². The predicted octanol–water partition coefficient (Wildman–Crippen LogP) is 3.69. The Kier molecular flexibility index (Phi) is 2.89. The van der Waals surface area contributed by atoms with Crippen LogP contribution in [0.4, 0.5) is 0 Å². The van der Waals surface area contributed by atoms with Gasteiger partial charge in [-0.15, -0.1) is 0 Å². The molecule has 2 heteroatoms. The molecule has 0 saturated heterocycles. The molecule has 1 aliphatic heterocycles. The van der Waals surface area contributed by atoms with Gasteiger partial charge in [0.05, 0.1) is 25.0 Å². The molecular weight excluding hydrogens is 246 g/mol. The van der Waals surface area contributed by atoms with Gasteiger partial charge in [0.2, 0.25) is 0 Å². The summed E-state index contributed by atoms with van der Waals surface area (Å²) in [5, 5.41) is 0. The summed E-state index contributed by atoms with van der Waals surface area (Å²) in [6.45, 7) is 1.34. The largest absolute Gasteiger partial charge is 0.370 e. The normalized spacial score (nSPS) is 22.6. The van der Waals surface area contributed by atoms with E-state index in [1.54, 1.807) is 0 Å². The van der Waals surface area contributed by atoms with E-state index in [2.05, 4.69) is 48.5 Å². The first-order valence-corrected chi connectivity index (χ1v) is 7.22. The van der Waals surface area contributed by atoms with E-state index in [-0.39, 0.29) is 0 Å². The van der Waals surface area contributed by atoms with E-state index in [1.807, 2.05) is 0 Å². The standard InChI is InChI=1S/C18H17NO/c1-3-7-15-13(5-1)9-10-17(15)19-18-12-20-11-14-6-2-4-8-16(14)18/h1-8,17H,9-12H2. The van der Waals surface area contributed by atoms with Gasteiger partial charge >= 0.3 is 0 Å². The number of fused-ring (bicyclic) bond motifs is 2. The number of benzene rings is 2. The zero-order valence-corrected chi connectivity index (χ0v) is 11.4. The number of aliphatic imine (C=N–C) groups is 1. The molecule has 1 heterocycles. The first-order valence-electron chi connectivity index (χ1n) is 7.22. The molecule has 1 aliphatic carbocycles. The number of rotatable bonds is 1. The van der Waals surface area contributed by atoms with Crippen molar-refractivity contribution in [2.75, 3.05) is 6.61 Å². The van der Waals surface area contributed by atoms with Crippen molar-refractivity contribution in [3.05, 3.63) is 70.8 Å². The lowest BCUT2D eigenvalue weighted by Gasteiger charge is -2.20. The Hall–Kier alpha value is -1.93. The quantitative estimate of drug-likeness (QED) is 0.769. The highest BCUT2D eigenvalue weighted by atomic mass is 16.5. The maximum absolute atomic E-state index is 5.68. The molecular formula is C18H17NO. The van der Waals surface area contributed by atoms with Gasteiger partial charge < -0.3 is 4.74 Å². The fraction of sp³-hybridized carbons (Fsp3) is 0.278. The van der Waals surface area contributed by atoms with Gasteiger partial charge in [-0.25, -0.2) is 0 Å². The van der Waals surface area contributed by atoms with Crippen LogP contribution in [-0.4, -0.2) is 12.3 Å². The van der Waals surface area contributed by atoms with Crippen LogP contribution in [0.5, 0.6) is 0 Å². The molecule has 0 aromatic heterocycles. The Morgan fingerprint density at radius 2 is 1.70 bits per heavy atom. The molecule has 2 aromatic rings. The molecule has 0 bridgehead atoms. The van der Waals surface area contributed by atoms with Crippen LogP contribution in [0.25, 0.3) is 0 Å². The maximum atomic E-state index is 5.68. The summed E-state index contributed by atoms with van der Waals surface area (Å²) in [4.78, 5) is 5.01. The van der Waals surface area contributed by atoms with Crippen LogP contribution < -0.4 is 0 Å². The van der Waals surface area contributed by atoms with Crippen molar-refractivity contribution >= 4 is 5.71 Å². The second-order valence-corrected chi connectivity index (χ2v) is 5.48. The zero-order chi connectivity index (χ0) is 13.4. The number of ether oxygens (including phenoxy) is 1. The van der Waals surface area contributed by atoms with Gasteiger partial charge in [0.1, 0.15) is 0 Å². The SMILES string of the molecule is c1ccc2c(c1)COCC2=NC1CCc2ccccc21. The third-order valence-corrected chi connectivity index (χ3v) is 4.24. The molecule has 0 N–H and O–H groups in total. The van der Waals surface area contributed by atoms with Crippen molar-refractivity contribution in [2.24, 2.45) is 4.99 Å². The summed E-state index contributed by atoms with van der Waals surface area (Å²) in [7, 11) is 0. The first kappa shape index (κ1) is 11.9. The Morgan fingerprint density at radius 3 is 2.65 bits per heavy atom. The predicted molar refractivity (Wildman–Crippen MR) is 80.1 cm³/mol. The molecule has 0 saturated carbocycles. The van der Waals surface area contributed by atoms with E-state index in [0.29, 0.717) is 19.3 Å². The summed E-state index contributed by atoms with van der Waals surface area (Å²) in [6.07, 6.45) is 2.26. The van der Waals surface area contributed by atoms with Crippen LogP contribution in [0.15, 0.2) is 53.5 Å². The van der Waals surface area contributed by atoms with Gasteiger partial charge in [-0.2, -0.15) is 0 Å². The van der Waals surface area contributed by atoms with E-state index in [0.717, 1.165) is 18.6 Å². The maximum Gasteiger partial charge on any atom is 0.0894 e. The molecule has 2 aromatic carbocycles. The summed E-state index contributed by atoms with van der Waals surface area (Å²) < 4.78 is 5.68. The molecule has 4 rings (SSSR count).